The van der Waals surface area contributed by atoms with E-state index in [1.165, 1.54) is 95.5 Å². The van der Waals surface area contributed by atoms with Gasteiger partial charge in [-0.3, -0.25) is 0 Å². The summed E-state index contributed by atoms with van der Waals surface area (Å²) >= 11 is 0. The van der Waals surface area contributed by atoms with Crippen LogP contribution in [0.3, 0.4) is 0 Å². The zero-order valence-electron chi connectivity index (χ0n) is 46.2. The summed E-state index contributed by atoms with van der Waals surface area (Å²) in [6.07, 6.45) is 42.9. The highest BCUT2D eigenvalue weighted by Crippen LogP contribution is 2.50. The molecule has 0 heterocycles. The van der Waals surface area contributed by atoms with E-state index in [0.717, 1.165) is 107 Å². The van der Waals surface area contributed by atoms with Crippen molar-refractivity contribution in [3.05, 3.63) is 35.9 Å². The Morgan fingerprint density at radius 1 is 0.292 bits per heavy atom. The third-order valence-electron chi connectivity index (χ3n) is 20.8. The average Bonchev–Trinajstić information content (AvgIpc) is 4.16. The van der Waals surface area contributed by atoms with E-state index in [2.05, 4.69) is 107 Å². The smallest absolute Gasteiger partial charge is 0.0219 e. The summed E-state index contributed by atoms with van der Waals surface area (Å²) in [7, 11) is 0. The molecule has 0 aliphatic heterocycles. The van der Waals surface area contributed by atoms with Crippen LogP contribution in [0.15, 0.2) is 30.3 Å². The molecule has 0 aromatic heterocycles. The molecule has 65 heavy (non-hydrogen) atoms. The second kappa shape index (κ2) is 28.8. The number of hydrogen-bond acceptors (Lipinski definition) is 0. The maximum absolute atomic E-state index is 2.42. The molecule has 376 valence electrons. The average molecular weight is 898 g/mol. The van der Waals surface area contributed by atoms with Gasteiger partial charge in [-0.15, -0.1) is 0 Å². The molecule has 9 fully saturated rings. The molecule has 9 aliphatic carbocycles. The minimum Gasteiger partial charge on any atom is -0.0625 e. The van der Waals surface area contributed by atoms with Crippen LogP contribution in [-0.2, 0) is 0 Å². The predicted molar refractivity (Wildman–Crippen MR) is 289 cm³/mol. The van der Waals surface area contributed by atoms with Gasteiger partial charge in [0, 0.05) is 0 Å². The number of fused-ring (bicyclic) bond motifs is 4. The van der Waals surface area contributed by atoms with E-state index in [9.17, 15) is 0 Å². The van der Waals surface area contributed by atoms with E-state index in [4.69, 9.17) is 0 Å². The van der Waals surface area contributed by atoms with Gasteiger partial charge in [0.1, 0.15) is 0 Å². The topological polar surface area (TPSA) is 0 Å². The summed E-state index contributed by atoms with van der Waals surface area (Å²) in [5.74, 6) is 19.7. The van der Waals surface area contributed by atoms with E-state index in [1.807, 2.05) is 6.07 Å². The Labute approximate surface area is 409 Å². The van der Waals surface area contributed by atoms with Crippen molar-refractivity contribution in [2.24, 2.45) is 107 Å². The van der Waals surface area contributed by atoms with Crippen LogP contribution in [0.1, 0.15) is 274 Å². The zero-order valence-corrected chi connectivity index (χ0v) is 46.2. The van der Waals surface area contributed by atoms with Crippen LogP contribution >= 0.6 is 0 Å². The van der Waals surface area contributed by atoms with E-state index < -0.39 is 0 Å². The maximum Gasteiger partial charge on any atom is -0.0219 e. The molecule has 0 N–H and O–H groups in total. The van der Waals surface area contributed by atoms with E-state index >= 15 is 0 Å². The van der Waals surface area contributed by atoms with Gasteiger partial charge in [0.05, 0.1) is 0 Å². The Morgan fingerprint density at radius 3 is 1.20 bits per heavy atom. The lowest BCUT2D eigenvalue weighted by Gasteiger charge is -2.36. The van der Waals surface area contributed by atoms with Crippen LogP contribution < -0.4 is 0 Å². The van der Waals surface area contributed by atoms with E-state index in [0.29, 0.717) is 5.92 Å². The van der Waals surface area contributed by atoms with Crippen molar-refractivity contribution in [3.8, 4) is 0 Å². The number of hydrogen-bond donors (Lipinski definition) is 0. The van der Waals surface area contributed by atoms with Crippen LogP contribution in [0, 0.1) is 107 Å². The molecule has 9 saturated carbocycles. The molecule has 1 aromatic carbocycles. The highest BCUT2D eigenvalue weighted by Gasteiger charge is 2.40. The molecule has 11 atom stereocenters. The van der Waals surface area contributed by atoms with Crippen molar-refractivity contribution < 1.29 is 0 Å². The monoisotopic (exact) mass is 897 g/mol. The van der Waals surface area contributed by atoms with Crippen molar-refractivity contribution in [2.45, 2.75) is 269 Å². The first-order chi connectivity index (χ1) is 31.2. The van der Waals surface area contributed by atoms with Crippen LogP contribution in [0.4, 0.5) is 0 Å². The first-order valence-electron chi connectivity index (χ1n) is 30.3. The standard InChI is InChI=1S/4C12H22.C9H12.C8H16/c1-9(2)11-7-3-5-10-6-4-8-12(10)11;1-9(2)11-7-6-10-4-3-5-12(10)8-11;1-9(2)12-7-10-5-3-4-6-11(10)8-12;1-9(2)11-8-7-10-5-3-4-6-12(10)11;1-8(2)9-6-4-3-5-7-9;1-7(2)8-5-3-4-6-8/h4*9-12H,3-8H2,1-2H3;3-8H,1-2H3;7-8H,3-6H2,1-2H3. The third kappa shape index (κ3) is 17.5. The van der Waals surface area contributed by atoms with Gasteiger partial charge in [0.2, 0.25) is 0 Å². The molecule has 0 amide bonds. The lowest BCUT2D eigenvalue weighted by Crippen LogP contribution is -2.27. The van der Waals surface area contributed by atoms with Crippen LogP contribution in [-0.4, -0.2) is 0 Å². The van der Waals surface area contributed by atoms with Gasteiger partial charge >= 0.3 is 0 Å². The quantitative estimate of drug-likeness (QED) is 0.267. The summed E-state index contributed by atoms with van der Waals surface area (Å²) < 4.78 is 0. The molecule has 0 radical (unpaired) electrons. The molecule has 0 nitrogen and oxygen atoms in total. The molecular formula is C65H116. The van der Waals surface area contributed by atoms with Crippen LogP contribution in [0.25, 0.3) is 0 Å². The van der Waals surface area contributed by atoms with Gasteiger partial charge in [0.15, 0.2) is 0 Å². The molecule has 0 heteroatoms. The van der Waals surface area contributed by atoms with Gasteiger partial charge < -0.3 is 0 Å². The minimum atomic E-state index is 0.659. The zero-order chi connectivity index (χ0) is 46.9. The second-order valence-corrected chi connectivity index (χ2v) is 26.8. The summed E-state index contributed by atoms with van der Waals surface area (Å²) in [5, 5.41) is 0. The Balaban J connectivity index is 0.000000147. The van der Waals surface area contributed by atoms with Crippen molar-refractivity contribution in [1.82, 2.24) is 0 Å². The Hall–Kier alpha value is -0.780. The predicted octanol–water partition coefficient (Wildman–Crippen LogP) is 21.1. The van der Waals surface area contributed by atoms with Gasteiger partial charge in [0.25, 0.3) is 0 Å². The van der Waals surface area contributed by atoms with Crippen molar-refractivity contribution in [3.63, 3.8) is 0 Å². The molecule has 11 unspecified atom stereocenters. The van der Waals surface area contributed by atoms with Gasteiger partial charge in [-0.1, -0.05) is 229 Å². The largest absolute Gasteiger partial charge is 0.0625 e. The molecule has 10 rings (SSSR count). The number of benzene rings is 1. The maximum atomic E-state index is 2.42. The highest BCUT2D eigenvalue weighted by atomic mass is 14.5. The lowest BCUT2D eigenvalue weighted by atomic mass is 9.69. The van der Waals surface area contributed by atoms with Crippen molar-refractivity contribution >= 4 is 0 Å². The van der Waals surface area contributed by atoms with Gasteiger partial charge in [-0.25, -0.2) is 0 Å². The van der Waals surface area contributed by atoms with Gasteiger partial charge in [-0.05, 0) is 182 Å². The molecule has 0 bridgehead atoms. The molecule has 0 spiro atoms. The Bertz CT molecular complexity index is 1320. The summed E-state index contributed by atoms with van der Waals surface area (Å²) in [6.45, 7) is 28.4. The van der Waals surface area contributed by atoms with E-state index in [-0.39, 0.29) is 0 Å². The fourth-order valence-electron chi connectivity index (χ4n) is 16.4. The third-order valence-corrected chi connectivity index (χ3v) is 20.8. The molecule has 9 aliphatic rings. The SMILES string of the molecule is CC(C)C1CC2CCCCC2C1.CC(C)C1CCC2CCCC2C1.CC(C)C1CCC2CCCCC21.CC(C)C1CCCC1.CC(C)C1CCCC2CCCC21.CC(C)c1ccccc1. The fraction of sp³-hybridized carbons (Fsp3) is 0.908. The van der Waals surface area contributed by atoms with E-state index in [1.54, 1.807) is 89.9 Å². The number of rotatable bonds is 6. The van der Waals surface area contributed by atoms with Crippen molar-refractivity contribution in [2.75, 3.05) is 0 Å². The molecule has 0 saturated heterocycles. The summed E-state index contributed by atoms with van der Waals surface area (Å²) in [5.41, 5.74) is 1.41. The normalized spacial score (nSPS) is 35.0. The Kier molecular flexibility index (Phi) is 24.4. The van der Waals surface area contributed by atoms with Crippen LogP contribution in [0.2, 0.25) is 0 Å². The van der Waals surface area contributed by atoms with Crippen molar-refractivity contribution in [1.29, 1.82) is 0 Å². The second-order valence-electron chi connectivity index (χ2n) is 26.8. The van der Waals surface area contributed by atoms with Gasteiger partial charge in [-0.2, -0.15) is 0 Å². The first kappa shape index (κ1) is 55.2. The fourth-order valence-corrected chi connectivity index (χ4v) is 16.4. The Morgan fingerprint density at radius 2 is 0.677 bits per heavy atom. The van der Waals surface area contributed by atoms with Crippen LogP contribution in [0.5, 0.6) is 0 Å². The minimum absolute atomic E-state index is 0.659. The lowest BCUT2D eigenvalue weighted by molar-refractivity contribution is 0.138. The summed E-state index contributed by atoms with van der Waals surface area (Å²) in [6, 6.07) is 10.5. The molecular weight excluding hydrogens is 781 g/mol. The summed E-state index contributed by atoms with van der Waals surface area (Å²) in [4.78, 5) is 0. The first-order valence-corrected chi connectivity index (χ1v) is 30.3. The highest BCUT2D eigenvalue weighted by molar-refractivity contribution is 5.17. The molecule has 1 aromatic rings.